The number of ether oxygens (including phenoxy) is 4. The second-order valence-electron chi connectivity index (χ2n) is 25.6. The topological polar surface area (TPSA) is 259 Å². The predicted molar refractivity (Wildman–Crippen MR) is 326 cm³/mol. The molecule has 16 unspecified atom stereocenters. The Bertz CT molecular complexity index is 4170. The maximum Gasteiger partial charge on any atom is 0.336 e. The van der Waals surface area contributed by atoms with E-state index >= 15 is 0 Å². The van der Waals surface area contributed by atoms with Crippen LogP contribution in [0, 0.1) is 88.8 Å². The van der Waals surface area contributed by atoms with Crippen LogP contribution in [-0.2, 0) is 48.9 Å². The minimum Gasteiger partial charge on any atom is -0.513 e. The van der Waals surface area contributed by atoms with Crippen molar-refractivity contribution in [1.29, 1.82) is 0 Å². The zero-order chi connectivity index (χ0) is 62.6. The van der Waals surface area contributed by atoms with Gasteiger partial charge in [0.2, 0.25) is 0 Å². The number of rotatable bonds is 15. The molecule has 0 bridgehead atoms. The van der Waals surface area contributed by atoms with Gasteiger partial charge in [-0.25, -0.2) is 9.59 Å². The number of aromatic amines is 1. The van der Waals surface area contributed by atoms with E-state index in [-0.39, 0.29) is 59.0 Å². The number of allylic oxidation sites excluding steroid dienone is 17. The van der Waals surface area contributed by atoms with E-state index < -0.39 is 120 Å². The largest absolute Gasteiger partial charge is 0.513 e. The smallest absolute Gasteiger partial charge is 0.336 e. The van der Waals surface area contributed by atoms with E-state index in [2.05, 4.69) is 51.4 Å². The van der Waals surface area contributed by atoms with Gasteiger partial charge in [-0.15, -0.1) is 0 Å². The van der Waals surface area contributed by atoms with Crippen LogP contribution >= 0.6 is 7.60 Å². The van der Waals surface area contributed by atoms with Gasteiger partial charge in [0.05, 0.1) is 35.6 Å². The first-order valence-electron chi connectivity index (χ1n) is 30.4. The van der Waals surface area contributed by atoms with Gasteiger partial charge in [0.15, 0.2) is 0 Å². The molecule has 7 heterocycles. The molecular weight excluding hydrogens is 1150 g/mol. The molecule has 89 heavy (non-hydrogen) atoms. The number of aromatic nitrogens is 1. The number of esters is 4. The molecule has 18 heteroatoms. The lowest BCUT2D eigenvalue weighted by molar-refractivity contribution is -0.176. The number of cyclic esters (lactones) is 4. The van der Waals surface area contributed by atoms with Crippen molar-refractivity contribution in [2.45, 2.75) is 66.0 Å². The Morgan fingerprint density at radius 3 is 1.43 bits per heavy atom. The molecule has 0 spiro atoms. The van der Waals surface area contributed by atoms with E-state index in [4.69, 9.17) is 27.8 Å². The normalized spacial score (nSPS) is 31.0. The van der Waals surface area contributed by atoms with Crippen molar-refractivity contribution in [3.63, 3.8) is 0 Å². The molecular formula is C71H68NO16P. The molecule has 2 fully saturated rings. The van der Waals surface area contributed by atoms with Crippen molar-refractivity contribution in [2.75, 3.05) is 0 Å². The average Bonchev–Trinajstić information content (AvgIpc) is 1.45. The van der Waals surface area contributed by atoms with Crippen LogP contribution < -0.4 is 11.3 Å². The Morgan fingerprint density at radius 2 is 0.978 bits per heavy atom. The SMILES string of the molecule is C=C(O)CC1C=C(C2=CC3C4C=C(C5=CC(c6ccc(CP(=O)(O)O)cc6)C=C(c6cccc(=O)o6)C5C)OC(=O)C4C3C(=O)O2)C(C)C(C2=CC3C4C=C(C5=CC(c6ccc[nH]6)C=C(c6cccc(=O)o6)C5C(C)C(C)C(C)C)OC(=O)C4C3C(=O)O2)=C1. The Balaban J connectivity index is 0.819. The number of nitrogens with one attached hydrogen (secondary N) is 1. The van der Waals surface area contributed by atoms with Gasteiger partial charge in [0.1, 0.15) is 34.6 Å². The first-order valence-corrected chi connectivity index (χ1v) is 32.2. The predicted octanol–water partition coefficient (Wildman–Crippen LogP) is 12.0. The van der Waals surface area contributed by atoms with E-state index in [1.165, 1.54) is 12.1 Å². The standard InChI is InChI=1S/C71H68NO16P/c1-33(2)35(4)36(5)63-52(56-13-9-15-62(75)84-56)26-43(54-11-10-20-72-54)27-53(63)60-31-51-49-29-58(86-69(77)65(49)67(51)71(79)88-60)45-23-40(21-34(3)73)22-44(37(45)6)57-28-48-50-30-59(87-70(78)66(50)64(48)68(76)85-57)47-25-42(41-18-16-39(17-19-41)32-89(80,81)82)24-46(38(47)7)55-12-8-14-61(74)83-55/h8-20,22-31,33,35-38,40,42-43,48-51,63-67,72-73H,3,21,32H2,1-2,4-7H3,(H2,80,81,82). The zero-order valence-electron chi connectivity index (χ0n) is 49.8. The van der Waals surface area contributed by atoms with Gasteiger partial charge in [-0.2, -0.15) is 0 Å². The highest BCUT2D eigenvalue weighted by Crippen LogP contribution is 2.60. The summed E-state index contributed by atoms with van der Waals surface area (Å²) in [5, 5.41) is 10.7. The summed E-state index contributed by atoms with van der Waals surface area (Å²) in [6.07, 6.45) is 21.1. The molecule has 13 rings (SSSR count). The van der Waals surface area contributed by atoms with Crippen LogP contribution in [0.3, 0.4) is 0 Å². The molecule has 0 radical (unpaired) electrons. The van der Waals surface area contributed by atoms with E-state index in [1.807, 2.05) is 80.8 Å². The van der Waals surface area contributed by atoms with Gasteiger partial charge in [0.25, 0.3) is 0 Å². The number of aliphatic hydroxyl groups excluding tert-OH is 1. The van der Waals surface area contributed by atoms with E-state index in [9.17, 15) is 48.2 Å². The number of hydrogen-bond donors (Lipinski definition) is 4. The van der Waals surface area contributed by atoms with Crippen molar-refractivity contribution < 1.29 is 66.4 Å². The molecule has 4 aliphatic heterocycles. The number of fused-ring (bicyclic) bond motifs is 8. The Morgan fingerprint density at radius 1 is 0.539 bits per heavy atom. The van der Waals surface area contributed by atoms with Crippen LogP contribution in [0.15, 0.2) is 216 Å². The first-order chi connectivity index (χ1) is 42.5. The second kappa shape index (κ2) is 22.8. The lowest BCUT2D eigenvalue weighted by Gasteiger charge is -2.51. The molecule has 16 atom stereocenters. The summed E-state index contributed by atoms with van der Waals surface area (Å²) in [4.78, 5) is 105. The van der Waals surface area contributed by atoms with Gasteiger partial charge >= 0.3 is 42.7 Å². The highest BCUT2D eigenvalue weighted by Gasteiger charge is 2.63. The lowest BCUT2D eigenvalue weighted by atomic mass is 9.54. The van der Waals surface area contributed by atoms with Crippen LogP contribution in [0.5, 0.6) is 0 Å². The molecule has 4 aromatic rings. The summed E-state index contributed by atoms with van der Waals surface area (Å²) in [6.45, 7) is 16.3. The number of carbonyl (C=O) groups is 4. The minimum absolute atomic E-state index is 0.0284. The highest BCUT2D eigenvalue weighted by atomic mass is 31.2. The summed E-state index contributed by atoms with van der Waals surface area (Å²) in [5.74, 6) is -8.00. The molecule has 3 aromatic heterocycles. The van der Waals surface area contributed by atoms with Crippen molar-refractivity contribution >= 4 is 42.6 Å². The number of aliphatic hydroxyl groups is 1. The maximum absolute atomic E-state index is 14.5. The number of benzene rings is 1. The van der Waals surface area contributed by atoms with Crippen LogP contribution in [0.2, 0.25) is 0 Å². The third-order valence-electron chi connectivity index (χ3n) is 20.1. The minimum atomic E-state index is -4.34. The monoisotopic (exact) mass is 1220 g/mol. The third-order valence-corrected chi connectivity index (χ3v) is 20.9. The van der Waals surface area contributed by atoms with Crippen molar-refractivity contribution in [1.82, 2.24) is 4.98 Å². The Hall–Kier alpha value is -8.63. The highest BCUT2D eigenvalue weighted by molar-refractivity contribution is 7.50. The van der Waals surface area contributed by atoms with Gasteiger partial charge in [-0.1, -0.05) is 121 Å². The zero-order valence-corrected chi connectivity index (χ0v) is 50.7. The van der Waals surface area contributed by atoms with Crippen LogP contribution in [-0.4, -0.2) is 43.8 Å². The van der Waals surface area contributed by atoms with E-state index in [1.54, 1.807) is 48.5 Å². The van der Waals surface area contributed by atoms with Crippen LogP contribution in [0.4, 0.5) is 0 Å². The molecule has 5 aliphatic carbocycles. The summed E-state index contributed by atoms with van der Waals surface area (Å²) in [7, 11) is -4.34. The molecule has 2 saturated carbocycles. The van der Waals surface area contributed by atoms with Crippen LogP contribution in [0.25, 0.3) is 11.1 Å². The fraction of sp³-hybridized carbons (Fsp3) is 0.352. The maximum atomic E-state index is 14.5. The molecule has 9 aliphatic rings. The van der Waals surface area contributed by atoms with Crippen molar-refractivity contribution in [3.05, 3.63) is 247 Å². The van der Waals surface area contributed by atoms with Gasteiger partial charge in [0, 0.05) is 89.6 Å². The van der Waals surface area contributed by atoms with Gasteiger partial charge in [-0.05, 0) is 111 Å². The fourth-order valence-electron chi connectivity index (χ4n) is 15.1. The van der Waals surface area contributed by atoms with Crippen molar-refractivity contribution in [2.24, 2.45) is 88.8 Å². The quantitative estimate of drug-likeness (QED) is 0.0373. The third kappa shape index (κ3) is 10.8. The number of hydrogen-bond acceptors (Lipinski definition) is 14. The molecule has 458 valence electrons. The summed E-state index contributed by atoms with van der Waals surface area (Å²) < 4.78 is 48.3. The molecule has 0 saturated heterocycles. The molecule has 4 N–H and O–H groups in total. The molecule has 0 amide bonds. The summed E-state index contributed by atoms with van der Waals surface area (Å²) in [6, 6.07) is 20.1. The first kappa shape index (κ1) is 59.3. The Kier molecular flexibility index (Phi) is 15.2. The number of H-pyrrole nitrogens is 1. The van der Waals surface area contributed by atoms with E-state index in [0.717, 1.165) is 22.4 Å². The van der Waals surface area contributed by atoms with Gasteiger partial charge < -0.3 is 47.7 Å². The summed E-state index contributed by atoms with van der Waals surface area (Å²) in [5.41, 5.74) is 5.09. The van der Waals surface area contributed by atoms with E-state index in [0.29, 0.717) is 45.1 Å². The summed E-state index contributed by atoms with van der Waals surface area (Å²) >= 11 is 0. The number of carbonyl (C=O) groups excluding carboxylic acids is 4. The van der Waals surface area contributed by atoms with Gasteiger partial charge in [-0.3, -0.25) is 23.7 Å². The molecule has 1 aromatic carbocycles. The molecule has 17 nitrogen and oxygen atoms in total. The van der Waals surface area contributed by atoms with Crippen LogP contribution in [0.1, 0.15) is 88.1 Å². The lowest BCUT2D eigenvalue weighted by Crippen LogP contribution is -2.57. The fourth-order valence-corrected chi connectivity index (χ4v) is 15.8. The van der Waals surface area contributed by atoms with Crippen molar-refractivity contribution in [3.8, 4) is 0 Å². The second-order valence-corrected chi connectivity index (χ2v) is 27.3. The Labute approximate surface area is 513 Å². The average molecular weight is 1220 g/mol.